The van der Waals surface area contributed by atoms with Crippen molar-refractivity contribution in [1.82, 2.24) is 20.5 Å². The van der Waals surface area contributed by atoms with Crippen LogP contribution in [0.4, 0.5) is 14.6 Å². The van der Waals surface area contributed by atoms with Crippen molar-refractivity contribution in [2.75, 3.05) is 5.32 Å². The number of carbonyl (C=O) groups excluding carboxylic acids is 2. The summed E-state index contributed by atoms with van der Waals surface area (Å²) >= 11 is 5.81. The van der Waals surface area contributed by atoms with Crippen molar-refractivity contribution in [3.05, 3.63) is 87.6 Å². The van der Waals surface area contributed by atoms with Gasteiger partial charge in [-0.3, -0.25) is 14.7 Å². The molecule has 0 fully saturated rings. The second-order valence-corrected chi connectivity index (χ2v) is 7.83. The van der Waals surface area contributed by atoms with Crippen LogP contribution in [0.3, 0.4) is 0 Å². The third-order valence-corrected chi connectivity index (χ3v) is 5.16. The van der Waals surface area contributed by atoms with E-state index in [-0.39, 0.29) is 28.6 Å². The van der Waals surface area contributed by atoms with Crippen molar-refractivity contribution in [3.63, 3.8) is 0 Å². The molecule has 0 bridgehead atoms. The summed E-state index contributed by atoms with van der Waals surface area (Å²) in [7, 11) is 0. The summed E-state index contributed by atoms with van der Waals surface area (Å²) in [6, 6.07) is 10.4. The van der Waals surface area contributed by atoms with Gasteiger partial charge < -0.3 is 15.1 Å². The second-order valence-electron chi connectivity index (χ2n) is 7.42. The third-order valence-electron chi connectivity index (χ3n) is 4.85. The molecule has 2 aromatic heterocycles. The van der Waals surface area contributed by atoms with Crippen LogP contribution in [0.1, 0.15) is 38.1 Å². The Kier molecular flexibility index (Phi) is 6.42. The minimum absolute atomic E-state index is 0.0141. The molecule has 0 spiro atoms. The molecule has 11 heteroatoms. The summed E-state index contributed by atoms with van der Waals surface area (Å²) in [5.41, 5.74) is 2.29. The molecule has 3 N–H and O–H groups in total. The quantitative estimate of drug-likeness (QED) is 0.340. The number of oxazole rings is 1. The van der Waals surface area contributed by atoms with E-state index < -0.39 is 23.4 Å². The molecular formula is C23H18ClF2N5O3. The molecule has 4 aromatic rings. The number of rotatable bonds is 6. The highest BCUT2D eigenvalue weighted by molar-refractivity contribution is 6.34. The van der Waals surface area contributed by atoms with Crippen molar-refractivity contribution in [2.24, 2.45) is 0 Å². The first-order valence-electron chi connectivity index (χ1n) is 10.0. The minimum atomic E-state index is -1.22. The SMILES string of the molecule is Cc1ccc(-c2nc(C)oc2CNC(=O)c2cc(NC(=O)c3cc(F)c(F)cc3Cl)[nH]n2)cc1. The van der Waals surface area contributed by atoms with Crippen molar-refractivity contribution in [2.45, 2.75) is 20.4 Å². The van der Waals surface area contributed by atoms with Crippen LogP contribution >= 0.6 is 11.6 Å². The normalized spacial score (nSPS) is 10.9. The van der Waals surface area contributed by atoms with E-state index in [9.17, 15) is 18.4 Å². The lowest BCUT2D eigenvalue weighted by molar-refractivity contribution is 0.0942. The Labute approximate surface area is 197 Å². The molecule has 0 radical (unpaired) electrons. The van der Waals surface area contributed by atoms with Crippen LogP contribution in [0.5, 0.6) is 0 Å². The Bertz CT molecular complexity index is 1380. The first-order chi connectivity index (χ1) is 16.2. The number of halogens is 3. The Hall–Kier alpha value is -4.05. The number of nitrogens with one attached hydrogen (secondary N) is 3. The molecule has 2 aromatic carbocycles. The topological polar surface area (TPSA) is 113 Å². The van der Waals surface area contributed by atoms with Crippen LogP contribution in [-0.4, -0.2) is 27.0 Å². The number of aromatic nitrogens is 3. The Balaban J connectivity index is 1.42. The fraction of sp³-hybridized carbons (Fsp3) is 0.130. The Morgan fingerprint density at radius 3 is 2.50 bits per heavy atom. The highest BCUT2D eigenvalue weighted by Crippen LogP contribution is 2.25. The zero-order valence-corrected chi connectivity index (χ0v) is 18.8. The Morgan fingerprint density at radius 1 is 1.06 bits per heavy atom. The predicted molar refractivity (Wildman–Crippen MR) is 120 cm³/mol. The largest absolute Gasteiger partial charge is 0.443 e. The maximum absolute atomic E-state index is 13.5. The fourth-order valence-corrected chi connectivity index (χ4v) is 3.40. The van der Waals surface area contributed by atoms with Crippen LogP contribution in [0.2, 0.25) is 5.02 Å². The van der Waals surface area contributed by atoms with E-state index in [4.69, 9.17) is 16.0 Å². The maximum atomic E-state index is 13.5. The summed E-state index contributed by atoms with van der Waals surface area (Å²) in [4.78, 5) is 29.3. The lowest BCUT2D eigenvalue weighted by Crippen LogP contribution is -2.23. The molecule has 0 aliphatic carbocycles. The molecular weight excluding hydrogens is 468 g/mol. The van der Waals surface area contributed by atoms with E-state index in [1.807, 2.05) is 31.2 Å². The summed E-state index contributed by atoms with van der Waals surface area (Å²) in [6.45, 7) is 3.75. The van der Waals surface area contributed by atoms with E-state index in [1.54, 1.807) is 6.92 Å². The zero-order valence-electron chi connectivity index (χ0n) is 18.0. The summed E-state index contributed by atoms with van der Waals surface area (Å²) in [6.07, 6.45) is 0. The van der Waals surface area contributed by atoms with Crippen molar-refractivity contribution < 1.29 is 22.8 Å². The van der Waals surface area contributed by atoms with Crippen LogP contribution in [0.15, 0.2) is 46.9 Å². The van der Waals surface area contributed by atoms with Gasteiger partial charge in [-0.1, -0.05) is 41.4 Å². The fourth-order valence-electron chi connectivity index (χ4n) is 3.17. The van der Waals surface area contributed by atoms with Gasteiger partial charge in [0.15, 0.2) is 29.0 Å². The third kappa shape index (κ3) is 4.96. The molecule has 0 aliphatic heterocycles. The molecule has 0 atom stereocenters. The zero-order chi connectivity index (χ0) is 24.4. The molecule has 2 amide bonds. The first-order valence-corrected chi connectivity index (χ1v) is 10.4. The molecule has 2 heterocycles. The minimum Gasteiger partial charge on any atom is -0.443 e. The monoisotopic (exact) mass is 485 g/mol. The smallest absolute Gasteiger partial charge is 0.272 e. The van der Waals surface area contributed by atoms with E-state index in [2.05, 4.69) is 25.8 Å². The standard InChI is InChI=1S/C23H18ClF2N5O3/c1-11-3-5-13(6-4-11)21-19(34-12(2)28-21)10-27-23(33)18-9-20(31-30-18)29-22(32)14-7-16(25)17(26)8-15(14)24/h3-9H,10H2,1-2H3,(H,27,33)(H2,29,30,31,32). The van der Waals surface area contributed by atoms with Gasteiger partial charge in [0.25, 0.3) is 11.8 Å². The summed E-state index contributed by atoms with van der Waals surface area (Å²) in [5, 5.41) is 11.2. The number of carbonyl (C=O) groups is 2. The lowest BCUT2D eigenvalue weighted by atomic mass is 10.1. The van der Waals surface area contributed by atoms with Crippen LogP contribution < -0.4 is 10.6 Å². The van der Waals surface area contributed by atoms with Gasteiger partial charge in [-0.15, -0.1) is 0 Å². The summed E-state index contributed by atoms with van der Waals surface area (Å²) in [5.74, 6) is -2.73. The van der Waals surface area contributed by atoms with E-state index in [1.165, 1.54) is 6.07 Å². The molecule has 174 valence electrons. The van der Waals surface area contributed by atoms with Gasteiger partial charge in [-0.2, -0.15) is 5.10 Å². The van der Waals surface area contributed by atoms with E-state index >= 15 is 0 Å². The van der Waals surface area contributed by atoms with Gasteiger partial charge in [0, 0.05) is 18.6 Å². The number of amides is 2. The van der Waals surface area contributed by atoms with Gasteiger partial charge in [0.2, 0.25) is 0 Å². The van der Waals surface area contributed by atoms with Gasteiger partial charge >= 0.3 is 0 Å². The van der Waals surface area contributed by atoms with Crippen molar-refractivity contribution >= 4 is 29.2 Å². The number of anilines is 1. The highest BCUT2D eigenvalue weighted by Gasteiger charge is 2.19. The van der Waals surface area contributed by atoms with Crippen LogP contribution in [0, 0.1) is 25.5 Å². The van der Waals surface area contributed by atoms with Crippen LogP contribution in [-0.2, 0) is 6.54 Å². The molecule has 0 saturated carbocycles. The molecule has 34 heavy (non-hydrogen) atoms. The van der Waals surface area contributed by atoms with Gasteiger partial charge in [-0.25, -0.2) is 13.8 Å². The number of benzene rings is 2. The number of nitrogens with zero attached hydrogens (tertiary/aromatic N) is 2. The average molecular weight is 486 g/mol. The van der Waals surface area contributed by atoms with Crippen molar-refractivity contribution in [3.8, 4) is 11.3 Å². The number of H-pyrrole nitrogens is 1. The lowest BCUT2D eigenvalue weighted by Gasteiger charge is -2.05. The molecule has 0 aliphatic rings. The second kappa shape index (κ2) is 9.44. The number of hydrogen-bond acceptors (Lipinski definition) is 5. The molecule has 0 saturated heterocycles. The van der Waals surface area contributed by atoms with Gasteiger partial charge in [0.05, 0.1) is 17.1 Å². The Morgan fingerprint density at radius 2 is 1.76 bits per heavy atom. The van der Waals surface area contributed by atoms with Crippen LogP contribution in [0.25, 0.3) is 11.3 Å². The van der Waals surface area contributed by atoms with Gasteiger partial charge in [-0.05, 0) is 19.1 Å². The molecule has 4 rings (SSSR count). The maximum Gasteiger partial charge on any atom is 0.272 e. The van der Waals surface area contributed by atoms with Crippen molar-refractivity contribution in [1.29, 1.82) is 0 Å². The highest BCUT2D eigenvalue weighted by atomic mass is 35.5. The summed E-state index contributed by atoms with van der Waals surface area (Å²) < 4.78 is 32.3. The van der Waals surface area contributed by atoms with E-state index in [0.29, 0.717) is 29.5 Å². The molecule has 8 nitrogen and oxygen atoms in total. The number of aryl methyl sites for hydroxylation is 2. The predicted octanol–water partition coefficient (Wildman–Crippen LogP) is 4.80. The van der Waals surface area contributed by atoms with Gasteiger partial charge in [0.1, 0.15) is 11.5 Å². The number of aromatic amines is 1. The molecule has 0 unspecified atom stereocenters. The average Bonchev–Trinajstić information content (AvgIpc) is 3.41. The number of hydrogen-bond donors (Lipinski definition) is 3. The first kappa shape index (κ1) is 23.1. The van der Waals surface area contributed by atoms with E-state index in [0.717, 1.165) is 11.1 Å².